The van der Waals surface area contributed by atoms with Crippen molar-refractivity contribution < 1.29 is 9.90 Å². The largest absolute Gasteiger partial charge is 0.477 e. The van der Waals surface area contributed by atoms with Gasteiger partial charge in [0.25, 0.3) is 0 Å². The lowest BCUT2D eigenvalue weighted by molar-refractivity contribution is 0.0690. The summed E-state index contributed by atoms with van der Waals surface area (Å²) in [6.45, 7) is 1.92. The Morgan fingerprint density at radius 2 is 2.11 bits per heavy atom. The third-order valence-electron chi connectivity index (χ3n) is 2.85. The SMILES string of the molecule is Cc1[nH]nc2cccc(-c3cc(C(=O)O)[nH]n3)c12. The third-order valence-corrected chi connectivity index (χ3v) is 2.85. The van der Waals surface area contributed by atoms with E-state index in [1.54, 1.807) is 0 Å². The lowest BCUT2D eigenvalue weighted by Crippen LogP contribution is -1.95. The van der Waals surface area contributed by atoms with Crippen molar-refractivity contribution in [3.8, 4) is 11.3 Å². The van der Waals surface area contributed by atoms with Crippen molar-refractivity contribution in [3.63, 3.8) is 0 Å². The Labute approximate surface area is 102 Å². The lowest BCUT2D eigenvalue weighted by Gasteiger charge is -1.99. The van der Waals surface area contributed by atoms with Crippen LogP contribution in [0.3, 0.4) is 0 Å². The molecule has 0 fully saturated rings. The summed E-state index contributed by atoms with van der Waals surface area (Å²) in [5, 5.41) is 23.5. The van der Waals surface area contributed by atoms with Gasteiger partial charge in [-0.15, -0.1) is 0 Å². The second-order valence-corrected chi connectivity index (χ2v) is 4.02. The molecule has 0 radical (unpaired) electrons. The Hall–Kier alpha value is -2.63. The predicted molar refractivity (Wildman–Crippen MR) is 65.4 cm³/mol. The molecular weight excluding hydrogens is 232 g/mol. The zero-order valence-corrected chi connectivity index (χ0v) is 9.56. The zero-order valence-electron chi connectivity index (χ0n) is 9.56. The fourth-order valence-electron chi connectivity index (χ4n) is 2.01. The number of aromatic amines is 2. The van der Waals surface area contributed by atoms with E-state index >= 15 is 0 Å². The van der Waals surface area contributed by atoms with Crippen molar-refractivity contribution in [3.05, 3.63) is 35.7 Å². The van der Waals surface area contributed by atoms with Crippen molar-refractivity contribution in [2.45, 2.75) is 6.92 Å². The van der Waals surface area contributed by atoms with Gasteiger partial charge in [-0.1, -0.05) is 12.1 Å². The maximum Gasteiger partial charge on any atom is 0.353 e. The number of carboxylic acids is 1. The fourth-order valence-corrected chi connectivity index (χ4v) is 2.01. The highest BCUT2D eigenvalue weighted by Gasteiger charge is 2.13. The molecule has 6 nitrogen and oxygen atoms in total. The van der Waals surface area contributed by atoms with Crippen LogP contribution in [-0.2, 0) is 0 Å². The number of hydrogen-bond acceptors (Lipinski definition) is 3. The molecule has 6 heteroatoms. The van der Waals surface area contributed by atoms with Crippen LogP contribution in [0.2, 0.25) is 0 Å². The lowest BCUT2D eigenvalue weighted by atomic mass is 10.1. The molecule has 3 N–H and O–H groups in total. The van der Waals surface area contributed by atoms with Crippen LogP contribution in [0.25, 0.3) is 22.2 Å². The molecule has 2 heterocycles. The summed E-state index contributed by atoms with van der Waals surface area (Å²) in [6, 6.07) is 7.18. The summed E-state index contributed by atoms with van der Waals surface area (Å²) in [7, 11) is 0. The van der Waals surface area contributed by atoms with E-state index in [2.05, 4.69) is 20.4 Å². The fraction of sp³-hybridized carbons (Fsp3) is 0.0833. The number of carbonyl (C=O) groups is 1. The van der Waals surface area contributed by atoms with E-state index in [1.165, 1.54) is 6.07 Å². The van der Waals surface area contributed by atoms with Gasteiger partial charge in [-0.2, -0.15) is 10.2 Å². The summed E-state index contributed by atoms with van der Waals surface area (Å²) < 4.78 is 0. The van der Waals surface area contributed by atoms with Crippen LogP contribution in [0.4, 0.5) is 0 Å². The van der Waals surface area contributed by atoms with E-state index in [1.807, 2.05) is 25.1 Å². The minimum absolute atomic E-state index is 0.0724. The number of aryl methyl sites for hydroxylation is 1. The molecule has 0 aliphatic rings. The number of rotatable bonds is 2. The third kappa shape index (κ3) is 1.46. The van der Waals surface area contributed by atoms with Gasteiger partial charge in [0.2, 0.25) is 0 Å². The highest BCUT2D eigenvalue weighted by atomic mass is 16.4. The molecule has 0 aliphatic heterocycles. The summed E-state index contributed by atoms with van der Waals surface area (Å²) in [4.78, 5) is 10.8. The number of aromatic nitrogens is 4. The molecule has 3 rings (SSSR count). The van der Waals surface area contributed by atoms with E-state index in [0.29, 0.717) is 5.69 Å². The second kappa shape index (κ2) is 3.69. The summed E-state index contributed by atoms with van der Waals surface area (Å²) in [5.74, 6) is -1.02. The Kier molecular flexibility index (Phi) is 2.16. The normalized spacial score (nSPS) is 10.9. The molecule has 2 aromatic heterocycles. The Morgan fingerprint density at radius 3 is 2.83 bits per heavy atom. The minimum atomic E-state index is -1.02. The maximum absolute atomic E-state index is 10.8. The van der Waals surface area contributed by atoms with Crippen LogP contribution in [0.5, 0.6) is 0 Å². The van der Waals surface area contributed by atoms with E-state index in [4.69, 9.17) is 5.11 Å². The van der Waals surface area contributed by atoms with Gasteiger partial charge < -0.3 is 5.11 Å². The molecule has 0 saturated carbocycles. The summed E-state index contributed by atoms with van der Waals surface area (Å²) in [6.07, 6.45) is 0. The molecule has 0 unspecified atom stereocenters. The highest BCUT2D eigenvalue weighted by Crippen LogP contribution is 2.28. The van der Waals surface area contributed by atoms with Gasteiger partial charge in [-0.05, 0) is 19.1 Å². The van der Waals surface area contributed by atoms with Gasteiger partial charge in [0.1, 0.15) is 5.69 Å². The topological polar surface area (TPSA) is 94.7 Å². The first kappa shape index (κ1) is 10.5. The van der Waals surface area contributed by atoms with Gasteiger partial charge in [0.05, 0.1) is 11.2 Å². The van der Waals surface area contributed by atoms with E-state index < -0.39 is 5.97 Å². The Morgan fingerprint density at radius 1 is 1.28 bits per heavy atom. The predicted octanol–water partition coefficient (Wildman–Crippen LogP) is 1.96. The number of fused-ring (bicyclic) bond motifs is 1. The molecule has 0 atom stereocenters. The number of carboxylic acid groups (broad SMARTS) is 1. The molecule has 0 spiro atoms. The van der Waals surface area contributed by atoms with Crippen LogP contribution in [0.1, 0.15) is 16.2 Å². The molecule has 0 aliphatic carbocycles. The Balaban J connectivity index is 2.24. The van der Waals surface area contributed by atoms with Gasteiger partial charge in [-0.3, -0.25) is 10.2 Å². The van der Waals surface area contributed by atoms with Crippen LogP contribution < -0.4 is 0 Å². The smallest absolute Gasteiger partial charge is 0.353 e. The van der Waals surface area contributed by atoms with E-state index in [9.17, 15) is 4.79 Å². The van der Waals surface area contributed by atoms with Gasteiger partial charge >= 0.3 is 5.97 Å². The first-order chi connectivity index (χ1) is 8.66. The van der Waals surface area contributed by atoms with Crippen molar-refractivity contribution in [1.82, 2.24) is 20.4 Å². The number of nitrogens with one attached hydrogen (secondary N) is 2. The average molecular weight is 242 g/mol. The standard InChI is InChI=1S/C12H10N4O2/c1-6-11-7(3-2-4-8(11)14-13-6)9-5-10(12(17)18)16-15-9/h2-5H,1H3,(H,13,14)(H,15,16)(H,17,18). The van der Waals surface area contributed by atoms with Crippen LogP contribution in [0.15, 0.2) is 24.3 Å². The number of nitrogens with zero attached hydrogens (tertiary/aromatic N) is 2. The van der Waals surface area contributed by atoms with Crippen LogP contribution in [-0.4, -0.2) is 31.5 Å². The Bertz CT molecular complexity index is 741. The van der Waals surface area contributed by atoms with Crippen LogP contribution in [0, 0.1) is 6.92 Å². The van der Waals surface area contributed by atoms with Gasteiger partial charge in [0, 0.05) is 16.6 Å². The number of aromatic carboxylic acids is 1. The van der Waals surface area contributed by atoms with Crippen molar-refractivity contribution in [2.24, 2.45) is 0 Å². The average Bonchev–Trinajstić information content (AvgIpc) is 2.96. The monoisotopic (exact) mass is 242 g/mol. The number of benzene rings is 1. The van der Waals surface area contributed by atoms with Gasteiger partial charge in [0.15, 0.2) is 0 Å². The molecule has 18 heavy (non-hydrogen) atoms. The van der Waals surface area contributed by atoms with Gasteiger partial charge in [-0.25, -0.2) is 4.79 Å². The van der Waals surface area contributed by atoms with E-state index in [0.717, 1.165) is 22.2 Å². The summed E-state index contributed by atoms with van der Waals surface area (Å²) >= 11 is 0. The second-order valence-electron chi connectivity index (χ2n) is 4.02. The molecule has 0 saturated heterocycles. The van der Waals surface area contributed by atoms with Crippen molar-refractivity contribution in [1.29, 1.82) is 0 Å². The maximum atomic E-state index is 10.8. The number of hydrogen-bond donors (Lipinski definition) is 3. The molecule has 1 aromatic carbocycles. The molecule has 90 valence electrons. The van der Waals surface area contributed by atoms with E-state index in [-0.39, 0.29) is 5.69 Å². The molecule has 0 amide bonds. The van der Waals surface area contributed by atoms with Crippen molar-refractivity contribution >= 4 is 16.9 Å². The molecular formula is C12H10N4O2. The quantitative estimate of drug-likeness (QED) is 0.640. The van der Waals surface area contributed by atoms with Crippen LogP contribution >= 0.6 is 0 Å². The van der Waals surface area contributed by atoms with Crippen molar-refractivity contribution in [2.75, 3.05) is 0 Å². The molecule has 3 aromatic rings. The highest BCUT2D eigenvalue weighted by molar-refractivity contribution is 5.96. The first-order valence-corrected chi connectivity index (χ1v) is 5.39. The minimum Gasteiger partial charge on any atom is -0.477 e. The number of H-pyrrole nitrogens is 2. The first-order valence-electron chi connectivity index (χ1n) is 5.39. The summed E-state index contributed by atoms with van der Waals surface area (Å²) in [5.41, 5.74) is 3.30. The zero-order chi connectivity index (χ0) is 12.7. The molecule has 0 bridgehead atoms.